The minimum Gasteiger partial charge on any atom is -0.478 e. The molecule has 2 aromatic heterocycles. The highest BCUT2D eigenvalue weighted by Gasteiger charge is 2.09. The van der Waals surface area contributed by atoms with Gasteiger partial charge in [0.05, 0.1) is 10.2 Å². The smallest absolute Gasteiger partial charge is 0.328 e. The summed E-state index contributed by atoms with van der Waals surface area (Å²) in [4.78, 5) is 14.9. The molecule has 1 aromatic carbocycles. The maximum Gasteiger partial charge on any atom is 0.328 e. The van der Waals surface area contributed by atoms with E-state index in [0.29, 0.717) is 11.5 Å². The fourth-order valence-corrected chi connectivity index (χ4v) is 2.62. The number of fused-ring (bicyclic) bond motifs is 1. The predicted octanol–water partition coefficient (Wildman–Crippen LogP) is 3.65. The molecule has 0 aliphatic rings. The molecule has 0 amide bonds. The van der Waals surface area contributed by atoms with Gasteiger partial charge in [-0.15, -0.1) is 11.3 Å². The van der Waals surface area contributed by atoms with Gasteiger partial charge in [0.1, 0.15) is 5.76 Å². The normalized spacial score (nSPS) is 11.4. The molecular formula is C14H9NO3S. The van der Waals surface area contributed by atoms with Crippen LogP contribution in [0.4, 0.5) is 0 Å². The Morgan fingerprint density at radius 2 is 2.11 bits per heavy atom. The van der Waals surface area contributed by atoms with E-state index in [-0.39, 0.29) is 0 Å². The minimum atomic E-state index is -1.00. The third-order valence-electron chi connectivity index (χ3n) is 2.52. The standard InChI is InChI=1S/C14H9NO3S/c16-13(17)8-6-9-5-7-11(18-9)14-15-10-3-1-2-4-12(10)19-14/h1-8H,(H,16,17). The molecule has 0 radical (unpaired) electrons. The first-order valence-corrected chi connectivity index (χ1v) is 6.41. The Kier molecular flexibility index (Phi) is 2.89. The van der Waals surface area contributed by atoms with Crippen LogP contribution in [0.15, 0.2) is 46.9 Å². The summed E-state index contributed by atoms with van der Waals surface area (Å²) in [6.45, 7) is 0. The first-order valence-electron chi connectivity index (χ1n) is 5.59. The Hall–Kier alpha value is -2.40. The first kappa shape index (κ1) is 11.7. The highest BCUT2D eigenvalue weighted by molar-refractivity contribution is 7.21. The summed E-state index contributed by atoms with van der Waals surface area (Å²) >= 11 is 1.54. The molecule has 0 aliphatic carbocycles. The van der Waals surface area contributed by atoms with Gasteiger partial charge in [-0.3, -0.25) is 0 Å². The number of carboxylic acid groups (broad SMARTS) is 1. The molecule has 0 bridgehead atoms. The maximum absolute atomic E-state index is 10.4. The second-order valence-electron chi connectivity index (χ2n) is 3.86. The number of rotatable bonds is 3. The van der Waals surface area contributed by atoms with Gasteiger partial charge < -0.3 is 9.52 Å². The Labute approximate surface area is 112 Å². The van der Waals surface area contributed by atoms with Crippen molar-refractivity contribution in [2.24, 2.45) is 0 Å². The van der Waals surface area contributed by atoms with Crippen molar-refractivity contribution in [3.8, 4) is 10.8 Å². The molecule has 0 aliphatic heterocycles. The molecular weight excluding hydrogens is 262 g/mol. The van der Waals surface area contributed by atoms with Gasteiger partial charge in [-0.1, -0.05) is 12.1 Å². The molecule has 0 saturated heterocycles. The summed E-state index contributed by atoms with van der Waals surface area (Å²) in [7, 11) is 0. The predicted molar refractivity (Wildman–Crippen MR) is 74.0 cm³/mol. The largest absolute Gasteiger partial charge is 0.478 e. The van der Waals surface area contributed by atoms with E-state index in [1.807, 2.05) is 24.3 Å². The number of furan rings is 1. The fourth-order valence-electron chi connectivity index (χ4n) is 1.69. The lowest BCUT2D eigenvalue weighted by molar-refractivity contribution is -0.131. The monoisotopic (exact) mass is 271 g/mol. The number of carboxylic acids is 1. The molecule has 19 heavy (non-hydrogen) atoms. The van der Waals surface area contributed by atoms with Crippen LogP contribution in [0.2, 0.25) is 0 Å². The summed E-state index contributed by atoms with van der Waals surface area (Å²) in [5, 5.41) is 9.34. The van der Waals surface area contributed by atoms with Crippen LogP contribution < -0.4 is 0 Å². The van der Waals surface area contributed by atoms with E-state index in [1.54, 1.807) is 23.5 Å². The number of aromatic nitrogens is 1. The number of benzene rings is 1. The van der Waals surface area contributed by atoms with Crippen molar-refractivity contribution in [2.75, 3.05) is 0 Å². The van der Waals surface area contributed by atoms with Crippen LogP contribution in [0.25, 0.3) is 27.1 Å². The van der Waals surface area contributed by atoms with Gasteiger partial charge in [0.15, 0.2) is 10.8 Å². The van der Waals surface area contributed by atoms with Crippen molar-refractivity contribution >= 4 is 33.6 Å². The van der Waals surface area contributed by atoms with E-state index in [9.17, 15) is 4.79 Å². The quantitative estimate of drug-likeness (QED) is 0.738. The number of hydrogen-bond acceptors (Lipinski definition) is 4. The van der Waals surface area contributed by atoms with E-state index >= 15 is 0 Å². The second kappa shape index (κ2) is 4.70. The van der Waals surface area contributed by atoms with Crippen LogP contribution in [0.5, 0.6) is 0 Å². The van der Waals surface area contributed by atoms with Gasteiger partial charge >= 0.3 is 5.97 Å². The zero-order valence-electron chi connectivity index (χ0n) is 9.74. The zero-order chi connectivity index (χ0) is 13.2. The van der Waals surface area contributed by atoms with E-state index in [1.165, 1.54) is 6.08 Å². The molecule has 5 heteroatoms. The average molecular weight is 271 g/mol. The SMILES string of the molecule is O=C(O)C=Cc1ccc(-c2nc3ccccc3s2)o1. The van der Waals surface area contributed by atoms with Crippen molar-refractivity contribution in [3.63, 3.8) is 0 Å². The summed E-state index contributed by atoms with van der Waals surface area (Å²) in [5.41, 5.74) is 0.932. The molecule has 0 fully saturated rings. The van der Waals surface area contributed by atoms with Crippen LogP contribution in [0.1, 0.15) is 5.76 Å². The summed E-state index contributed by atoms with van der Waals surface area (Å²) in [5.74, 6) is 0.140. The van der Waals surface area contributed by atoms with Crippen LogP contribution in [0, 0.1) is 0 Å². The Bertz CT molecular complexity index is 737. The Morgan fingerprint density at radius 1 is 1.26 bits per heavy atom. The number of carbonyl (C=O) groups is 1. The molecule has 0 saturated carbocycles. The van der Waals surface area contributed by atoms with Crippen molar-refractivity contribution in [2.45, 2.75) is 0 Å². The number of para-hydroxylation sites is 1. The Morgan fingerprint density at radius 3 is 2.89 bits per heavy atom. The number of hydrogen-bond donors (Lipinski definition) is 1. The number of nitrogens with zero attached hydrogens (tertiary/aromatic N) is 1. The van der Waals surface area contributed by atoms with Crippen LogP contribution in [0.3, 0.4) is 0 Å². The van der Waals surface area contributed by atoms with E-state index in [0.717, 1.165) is 21.3 Å². The molecule has 4 nitrogen and oxygen atoms in total. The van der Waals surface area contributed by atoms with Crippen molar-refractivity contribution in [1.82, 2.24) is 4.98 Å². The molecule has 2 heterocycles. The molecule has 0 unspecified atom stereocenters. The highest BCUT2D eigenvalue weighted by Crippen LogP contribution is 2.31. The van der Waals surface area contributed by atoms with Gasteiger partial charge in [-0.05, 0) is 30.3 Å². The summed E-state index contributed by atoms with van der Waals surface area (Å²) in [6.07, 6.45) is 2.46. The molecule has 3 aromatic rings. The third kappa shape index (κ3) is 2.41. The van der Waals surface area contributed by atoms with E-state index < -0.39 is 5.97 Å². The Balaban J connectivity index is 1.96. The molecule has 3 rings (SSSR count). The van der Waals surface area contributed by atoms with Gasteiger partial charge in [0.25, 0.3) is 0 Å². The molecule has 94 valence electrons. The average Bonchev–Trinajstić information content (AvgIpc) is 3.02. The highest BCUT2D eigenvalue weighted by atomic mass is 32.1. The van der Waals surface area contributed by atoms with Gasteiger partial charge in [-0.25, -0.2) is 9.78 Å². The van der Waals surface area contributed by atoms with Crippen LogP contribution in [-0.2, 0) is 4.79 Å². The van der Waals surface area contributed by atoms with Crippen LogP contribution in [-0.4, -0.2) is 16.1 Å². The van der Waals surface area contributed by atoms with Gasteiger partial charge in [0, 0.05) is 6.08 Å². The summed E-state index contributed by atoms with van der Waals surface area (Å²) < 4.78 is 6.64. The van der Waals surface area contributed by atoms with E-state index in [4.69, 9.17) is 9.52 Å². The zero-order valence-corrected chi connectivity index (χ0v) is 10.6. The lowest BCUT2D eigenvalue weighted by Gasteiger charge is -1.87. The lowest BCUT2D eigenvalue weighted by atomic mass is 10.3. The second-order valence-corrected chi connectivity index (χ2v) is 4.89. The molecule has 0 atom stereocenters. The van der Waals surface area contributed by atoms with Crippen molar-refractivity contribution < 1.29 is 14.3 Å². The van der Waals surface area contributed by atoms with E-state index in [2.05, 4.69) is 4.98 Å². The minimum absolute atomic E-state index is 0.497. The van der Waals surface area contributed by atoms with Crippen molar-refractivity contribution in [1.29, 1.82) is 0 Å². The van der Waals surface area contributed by atoms with Crippen LogP contribution >= 0.6 is 11.3 Å². The first-order chi connectivity index (χ1) is 9.22. The maximum atomic E-state index is 10.4. The number of thiazole rings is 1. The van der Waals surface area contributed by atoms with Gasteiger partial charge in [0.2, 0.25) is 0 Å². The number of aliphatic carboxylic acids is 1. The van der Waals surface area contributed by atoms with Crippen molar-refractivity contribution in [3.05, 3.63) is 48.2 Å². The topological polar surface area (TPSA) is 63.3 Å². The molecule has 1 N–H and O–H groups in total. The fraction of sp³-hybridized carbons (Fsp3) is 0. The molecule has 0 spiro atoms. The lowest BCUT2D eigenvalue weighted by Crippen LogP contribution is -1.84. The summed E-state index contributed by atoms with van der Waals surface area (Å²) in [6, 6.07) is 11.4. The van der Waals surface area contributed by atoms with Gasteiger partial charge in [-0.2, -0.15) is 0 Å². The third-order valence-corrected chi connectivity index (χ3v) is 3.57.